The Morgan fingerprint density at radius 1 is 0.679 bits per heavy atom. The molecule has 0 unspecified atom stereocenters. The molecule has 2 aromatic carbocycles. The van der Waals surface area contributed by atoms with Gasteiger partial charge in [-0.25, -0.2) is 9.97 Å². The number of esters is 2. The Balaban J connectivity index is 1.06. The van der Waals surface area contributed by atoms with E-state index in [-0.39, 0.29) is 60.5 Å². The summed E-state index contributed by atoms with van der Waals surface area (Å²) in [5, 5.41) is 0. The molecule has 2 saturated heterocycles. The van der Waals surface area contributed by atoms with Gasteiger partial charge >= 0.3 is 11.9 Å². The lowest BCUT2D eigenvalue weighted by Crippen LogP contribution is -2.39. The van der Waals surface area contributed by atoms with Crippen molar-refractivity contribution in [2.45, 2.75) is 78.3 Å². The average molecular weight is 762 g/mol. The number of hydrogen-bond acceptors (Lipinski definition) is 9. The number of aromatic nitrogens is 5. The van der Waals surface area contributed by atoms with Crippen molar-refractivity contribution >= 4 is 45.8 Å². The quantitative estimate of drug-likeness (QED) is 0.126. The normalized spacial score (nSPS) is 18.3. The highest BCUT2D eigenvalue weighted by molar-refractivity contribution is 5.87. The number of methoxy groups -OCH3 is 2. The van der Waals surface area contributed by atoms with Crippen LogP contribution in [-0.2, 0) is 28.7 Å². The van der Waals surface area contributed by atoms with Gasteiger partial charge in [-0.3, -0.25) is 24.2 Å². The van der Waals surface area contributed by atoms with E-state index in [0.717, 1.165) is 81.8 Å². The summed E-state index contributed by atoms with van der Waals surface area (Å²) in [5.41, 5.74) is 7.07. The summed E-state index contributed by atoms with van der Waals surface area (Å²) in [6, 6.07) is 15.8. The molecule has 294 valence electrons. The molecule has 2 N–H and O–H groups in total. The standard InChI is InChI=1S/C43H51N7O6/c1-24(2)29(21-38(51)55-5)42(53)49-17-7-9-36(49)40-45-32-15-11-26(19-34(32)47-40)28-13-14-31(44-23-28)27-12-16-33-35(20-27)48-41(46-33)37-10-8-18-50(37)43(54)30(25(3)4)22-39(52)56-6/h11-16,19-20,23-25,29-30,36-37H,7-10,17-18,21-22H2,1-6H3,(H,45,47)(H,46,48)/t29-,30-,36-,37-/m0/s1. The van der Waals surface area contributed by atoms with Crippen molar-refractivity contribution in [1.29, 1.82) is 0 Å². The van der Waals surface area contributed by atoms with E-state index in [2.05, 4.69) is 22.1 Å². The molecular formula is C43H51N7O6. The number of aromatic amines is 2. The van der Waals surface area contributed by atoms with Crippen LogP contribution in [0.5, 0.6) is 0 Å². The number of hydrogen-bond donors (Lipinski definition) is 2. The van der Waals surface area contributed by atoms with Crippen LogP contribution in [0.1, 0.15) is 90.0 Å². The number of likely N-dealkylation sites (tertiary alicyclic amines) is 2. The third-order valence-electron chi connectivity index (χ3n) is 11.6. The van der Waals surface area contributed by atoms with Crippen LogP contribution >= 0.6 is 0 Å². The molecule has 13 heteroatoms. The summed E-state index contributed by atoms with van der Waals surface area (Å²) in [7, 11) is 2.70. The predicted octanol–water partition coefficient (Wildman–Crippen LogP) is 7.17. The molecule has 0 bridgehead atoms. The maximum absolute atomic E-state index is 13.7. The zero-order chi connectivity index (χ0) is 39.7. The lowest BCUT2D eigenvalue weighted by molar-refractivity contribution is -0.148. The fourth-order valence-electron chi connectivity index (χ4n) is 8.25. The van der Waals surface area contributed by atoms with Gasteiger partial charge in [-0.15, -0.1) is 0 Å². The second-order valence-electron chi connectivity index (χ2n) is 15.8. The number of nitrogens with zero attached hydrogens (tertiary/aromatic N) is 5. The number of nitrogens with one attached hydrogen (secondary N) is 2. The molecular weight excluding hydrogens is 711 g/mol. The molecule has 7 rings (SSSR count). The molecule has 2 amide bonds. The van der Waals surface area contributed by atoms with Crippen LogP contribution in [0.3, 0.4) is 0 Å². The lowest BCUT2D eigenvalue weighted by atomic mass is 9.91. The van der Waals surface area contributed by atoms with Gasteiger partial charge in [0.05, 0.1) is 78.7 Å². The van der Waals surface area contributed by atoms with Crippen LogP contribution in [0.4, 0.5) is 0 Å². The highest BCUT2D eigenvalue weighted by Crippen LogP contribution is 2.37. The minimum atomic E-state index is -0.448. The molecule has 5 heterocycles. The largest absolute Gasteiger partial charge is 0.469 e. The summed E-state index contributed by atoms with van der Waals surface area (Å²) < 4.78 is 9.75. The molecule has 2 aliphatic rings. The van der Waals surface area contributed by atoms with E-state index in [0.29, 0.717) is 13.1 Å². The van der Waals surface area contributed by atoms with Crippen molar-refractivity contribution in [3.8, 4) is 22.4 Å². The maximum Gasteiger partial charge on any atom is 0.306 e. The number of fused-ring (bicyclic) bond motifs is 2. The highest BCUT2D eigenvalue weighted by Gasteiger charge is 2.39. The van der Waals surface area contributed by atoms with E-state index in [4.69, 9.17) is 24.4 Å². The molecule has 0 saturated carbocycles. The number of imidazole rings is 2. The lowest BCUT2D eigenvalue weighted by Gasteiger charge is -2.29. The fraction of sp³-hybridized carbons (Fsp3) is 0.465. The van der Waals surface area contributed by atoms with Gasteiger partial charge in [-0.2, -0.15) is 0 Å². The predicted molar refractivity (Wildman–Crippen MR) is 212 cm³/mol. The van der Waals surface area contributed by atoms with Crippen LogP contribution in [0, 0.1) is 23.7 Å². The molecule has 13 nitrogen and oxygen atoms in total. The van der Waals surface area contributed by atoms with Crippen molar-refractivity contribution in [2.24, 2.45) is 23.7 Å². The molecule has 56 heavy (non-hydrogen) atoms. The summed E-state index contributed by atoms with van der Waals surface area (Å²) in [5.74, 6) is -0.230. The Morgan fingerprint density at radius 2 is 1.14 bits per heavy atom. The topological polar surface area (TPSA) is 163 Å². The number of H-pyrrole nitrogens is 2. The van der Waals surface area contributed by atoms with E-state index in [1.807, 2.05) is 80.1 Å². The van der Waals surface area contributed by atoms with Crippen molar-refractivity contribution < 1.29 is 28.7 Å². The summed E-state index contributed by atoms with van der Waals surface area (Å²) in [4.78, 5) is 76.8. The Labute approximate surface area is 326 Å². The minimum absolute atomic E-state index is 0.00124. The second kappa shape index (κ2) is 16.3. The number of carbonyl (C=O) groups excluding carboxylic acids is 4. The first-order chi connectivity index (χ1) is 26.9. The first-order valence-corrected chi connectivity index (χ1v) is 19.7. The van der Waals surface area contributed by atoms with Crippen LogP contribution in [0.2, 0.25) is 0 Å². The number of ether oxygens (including phenoxy) is 2. The van der Waals surface area contributed by atoms with E-state index in [1.54, 1.807) is 0 Å². The van der Waals surface area contributed by atoms with E-state index in [9.17, 15) is 19.2 Å². The monoisotopic (exact) mass is 761 g/mol. The summed E-state index contributed by atoms with van der Waals surface area (Å²) in [6.07, 6.45) is 5.32. The third kappa shape index (κ3) is 7.76. The van der Waals surface area contributed by atoms with Gasteiger partial charge in [0.2, 0.25) is 11.8 Å². The zero-order valence-electron chi connectivity index (χ0n) is 33.0. The Hall–Kier alpha value is -5.59. The van der Waals surface area contributed by atoms with Crippen molar-refractivity contribution in [2.75, 3.05) is 27.3 Å². The van der Waals surface area contributed by atoms with Crippen LogP contribution < -0.4 is 0 Å². The first kappa shape index (κ1) is 38.7. The SMILES string of the molecule is COC(=O)C[C@H](C(=O)N1CCC[C@H]1c1nc2ccc(-c3ccc(-c4ccc5nc([C@@H]6CCCN6C(=O)[C@@H](CC(=O)OC)C(C)C)[nH]c5c4)nc3)cc2[nH]1)C(C)C. The number of amides is 2. The van der Waals surface area contributed by atoms with Crippen molar-refractivity contribution in [1.82, 2.24) is 34.7 Å². The molecule has 3 aromatic heterocycles. The third-order valence-corrected chi connectivity index (χ3v) is 11.6. The molecule has 0 radical (unpaired) electrons. The number of pyridine rings is 1. The van der Waals surface area contributed by atoms with Crippen molar-refractivity contribution in [3.63, 3.8) is 0 Å². The summed E-state index contributed by atoms with van der Waals surface area (Å²) >= 11 is 0. The highest BCUT2D eigenvalue weighted by atomic mass is 16.5. The fourth-order valence-corrected chi connectivity index (χ4v) is 8.25. The Bertz CT molecular complexity index is 2090. The molecule has 2 aliphatic heterocycles. The van der Waals surface area contributed by atoms with Crippen LogP contribution in [0.25, 0.3) is 44.5 Å². The van der Waals surface area contributed by atoms with Gasteiger partial charge < -0.3 is 29.2 Å². The van der Waals surface area contributed by atoms with Crippen LogP contribution in [-0.4, -0.2) is 85.8 Å². The van der Waals surface area contributed by atoms with Gasteiger partial charge in [-0.05, 0) is 73.4 Å². The molecule has 4 atom stereocenters. The Morgan fingerprint density at radius 3 is 1.59 bits per heavy atom. The zero-order valence-corrected chi connectivity index (χ0v) is 33.0. The second-order valence-corrected chi connectivity index (χ2v) is 15.8. The molecule has 0 spiro atoms. The first-order valence-electron chi connectivity index (χ1n) is 19.7. The molecule has 5 aromatic rings. The van der Waals surface area contributed by atoms with Gasteiger partial charge in [0.15, 0.2) is 0 Å². The van der Waals surface area contributed by atoms with E-state index >= 15 is 0 Å². The molecule has 0 aliphatic carbocycles. The van der Waals surface area contributed by atoms with E-state index < -0.39 is 11.8 Å². The number of rotatable bonds is 12. The number of benzene rings is 2. The average Bonchev–Trinajstić information content (AvgIpc) is 4.03. The summed E-state index contributed by atoms with van der Waals surface area (Å²) in [6.45, 7) is 9.10. The minimum Gasteiger partial charge on any atom is -0.469 e. The smallest absolute Gasteiger partial charge is 0.306 e. The Kier molecular flexibility index (Phi) is 11.2. The van der Waals surface area contributed by atoms with Gasteiger partial charge in [-0.1, -0.05) is 45.9 Å². The van der Waals surface area contributed by atoms with Gasteiger partial charge in [0.1, 0.15) is 11.6 Å². The van der Waals surface area contributed by atoms with Crippen LogP contribution in [0.15, 0.2) is 54.7 Å². The number of carbonyl (C=O) groups is 4. The van der Waals surface area contributed by atoms with Gasteiger partial charge in [0, 0.05) is 30.4 Å². The molecule has 2 fully saturated rings. The van der Waals surface area contributed by atoms with Gasteiger partial charge in [0.25, 0.3) is 0 Å². The maximum atomic E-state index is 13.7. The van der Waals surface area contributed by atoms with Crippen molar-refractivity contribution in [3.05, 3.63) is 66.4 Å². The van der Waals surface area contributed by atoms with E-state index in [1.165, 1.54) is 14.2 Å².